The summed E-state index contributed by atoms with van der Waals surface area (Å²) in [4.78, 5) is 25.1. The molecule has 0 N–H and O–H groups in total. The summed E-state index contributed by atoms with van der Waals surface area (Å²) in [6.07, 6.45) is 3.05. The fraction of sp³-hybridized carbons (Fsp3) is 0.467. The van der Waals surface area contributed by atoms with E-state index in [2.05, 4.69) is 0 Å². The van der Waals surface area contributed by atoms with Gasteiger partial charge in [0.15, 0.2) is 0 Å². The van der Waals surface area contributed by atoms with Gasteiger partial charge < -0.3 is 0 Å². The van der Waals surface area contributed by atoms with Crippen LogP contribution < -0.4 is 4.90 Å². The van der Waals surface area contributed by atoms with E-state index in [1.807, 2.05) is 0 Å². The molecule has 1 aliphatic heterocycles. The molecule has 1 saturated heterocycles. The van der Waals surface area contributed by atoms with Crippen LogP contribution in [0.2, 0.25) is 0 Å². The molecule has 0 radical (unpaired) electrons. The fourth-order valence-corrected chi connectivity index (χ4v) is 4.03. The maximum Gasteiger partial charge on any atom is 0.243 e. The van der Waals surface area contributed by atoms with Crippen LogP contribution >= 0.6 is 0 Å². The molecule has 1 saturated carbocycles. The predicted molar refractivity (Wildman–Crippen MR) is 80.8 cm³/mol. The lowest BCUT2D eigenvalue weighted by Crippen LogP contribution is -2.40. The van der Waals surface area contributed by atoms with Crippen molar-refractivity contribution in [2.75, 3.05) is 11.9 Å². The van der Waals surface area contributed by atoms with Crippen LogP contribution in [-0.2, 0) is 19.6 Å². The maximum atomic E-state index is 12.4. The van der Waals surface area contributed by atoms with Gasteiger partial charge in [-0.3, -0.25) is 14.5 Å². The van der Waals surface area contributed by atoms with Crippen molar-refractivity contribution in [3.8, 4) is 0 Å². The van der Waals surface area contributed by atoms with Crippen molar-refractivity contribution < 1.29 is 18.0 Å². The Hall–Kier alpha value is -1.73. The van der Waals surface area contributed by atoms with Crippen molar-refractivity contribution in [2.24, 2.45) is 0 Å². The third kappa shape index (κ3) is 2.66. The van der Waals surface area contributed by atoms with Crippen LogP contribution in [0.4, 0.5) is 5.69 Å². The van der Waals surface area contributed by atoms with Gasteiger partial charge in [-0.25, -0.2) is 8.42 Å². The van der Waals surface area contributed by atoms with Crippen LogP contribution in [0.25, 0.3) is 0 Å². The second kappa shape index (κ2) is 5.48. The molecule has 1 aromatic carbocycles. The largest absolute Gasteiger partial charge is 0.274 e. The number of carbonyl (C=O) groups is 2. The molecule has 2 amide bonds. The molecule has 2 aliphatic rings. The first-order valence-corrected chi connectivity index (χ1v) is 8.79. The minimum absolute atomic E-state index is 0.0925. The Morgan fingerprint density at radius 3 is 2.09 bits per heavy atom. The number of anilines is 1. The molecule has 0 aromatic heterocycles. The van der Waals surface area contributed by atoms with E-state index in [0.717, 1.165) is 17.7 Å². The number of benzene rings is 1. The monoisotopic (exact) mass is 322 g/mol. The number of amides is 2. The Bertz CT molecular complexity index is 692. The van der Waals surface area contributed by atoms with Gasteiger partial charge in [-0.15, -0.1) is 0 Å². The summed E-state index contributed by atoms with van der Waals surface area (Å²) in [5, 5.41) is 0. The van der Waals surface area contributed by atoms with Gasteiger partial charge in [0.05, 0.1) is 10.6 Å². The Kier molecular flexibility index (Phi) is 3.78. The zero-order valence-electron chi connectivity index (χ0n) is 12.4. The van der Waals surface area contributed by atoms with E-state index < -0.39 is 10.0 Å². The zero-order valence-corrected chi connectivity index (χ0v) is 13.2. The lowest BCUT2D eigenvalue weighted by atomic mass is 10.1. The number of hydrogen-bond acceptors (Lipinski definition) is 4. The van der Waals surface area contributed by atoms with E-state index in [1.54, 1.807) is 7.05 Å². The lowest BCUT2D eigenvalue weighted by Gasteiger charge is -2.25. The summed E-state index contributed by atoms with van der Waals surface area (Å²) in [6.45, 7) is 0. The van der Waals surface area contributed by atoms with E-state index >= 15 is 0 Å². The van der Waals surface area contributed by atoms with E-state index in [-0.39, 0.29) is 22.8 Å². The lowest BCUT2D eigenvalue weighted by molar-refractivity contribution is -0.129. The highest BCUT2D eigenvalue weighted by atomic mass is 32.2. The highest BCUT2D eigenvalue weighted by Gasteiger charge is 2.35. The van der Waals surface area contributed by atoms with Gasteiger partial charge in [0.2, 0.25) is 21.8 Å². The normalized spacial score (nSPS) is 19.8. The molecule has 0 atom stereocenters. The summed E-state index contributed by atoms with van der Waals surface area (Å²) in [6, 6.07) is 6.05. The summed E-state index contributed by atoms with van der Waals surface area (Å²) in [5.41, 5.74) is 0.433. The molecule has 0 bridgehead atoms. The number of rotatable bonds is 4. The number of hydrogen-bond donors (Lipinski definition) is 0. The van der Waals surface area contributed by atoms with Crippen molar-refractivity contribution >= 4 is 27.5 Å². The van der Waals surface area contributed by atoms with Gasteiger partial charge in [-0.2, -0.15) is 4.31 Å². The highest BCUT2D eigenvalue weighted by molar-refractivity contribution is 7.89. The summed E-state index contributed by atoms with van der Waals surface area (Å²) in [7, 11) is -1.92. The standard InChI is InChI=1S/C15H18N2O4S/c1-16(11-5-6-11)22(20,21)13-9-7-12(8-10-13)17-14(18)3-2-4-15(17)19/h7-11H,2-6H2,1H3. The molecule has 7 heteroatoms. The number of nitrogens with zero attached hydrogens (tertiary/aromatic N) is 2. The summed E-state index contributed by atoms with van der Waals surface area (Å²) >= 11 is 0. The Morgan fingerprint density at radius 2 is 1.59 bits per heavy atom. The molecule has 0 unspecified atom stereocenters. The van der Waals surface area contributed by atoms with Gasteiger partial charge >= 0.3 is 0 Å². The quantitative estimate of drug-likeness (QED) is 0.788. The van der Waals surface area contributed by atoms with Crippen molar-refractivity contribution in [2.45, 2.75) is 43.0 Å². The molecule has 3 rings (SSSR count). The van der Waals surface area contributed by atoms with Crippen molar-refractivity contribution in [1.82, 2.24) is 4.31 Å². The molecule has 0 spiro atoms. The van der Waals surface area contributed by atoms with Gasteiger partial charge in [0.1, 0.15) is 0 Å². The third-order valence-corrected chi connectivity index (χ3v) is 6.04. The van der Waals surface area contributed by atoms with Crippen LogP contribution in [0.3, 0.4) is 0 Å². The molecule has 22 heavy (non-hydrogen) atoms. The van der Waals surface area contributed by atoms with Crippen LogP contribution in [0.15, 0.2) is 29.2 Å². The minimum atomic E-state index is -3.51. The molecule has 1 aliphatic carbocycles. The van der Waals surface area contributed by atoms with E-state index in [4.69, 9.17) is 0 Å². The Balaban J connectivity index is 1.86. The molecular weight excluding hydrogens is 304 g/mol. The summed E-state index contributed by atoms with van der Waals surface area (Å²) < 4.78 is 26.2. The fourth-order valence-electron chi connectivity index (χ4n) is 2.61. The molecule has 6 nitrogen and oxygen atoms in total. The van der Waals surface area contributed by atoms with Gasteiger partial charge in [0.25, 0.3) is 0 Å². The number of piperidine rings is 1. The molecule has 1 heterocycles. The van der Waals surface area contributed by atoms with Gasteiger partial charge in [-0.05, 0) is 43.5 Å². The zero-order chi connectivity index (χ0) is 15.9. The average molecular weight is 322 g/mol. The molecule has 118 valence electrons. The summed E-state index contributed by atoms with van der Waals surface area (Å²) in [5.74, 6) is -0.469. The van der Waals surface area contributed by atoms with Crippen LogP contribution in [0, 0.1) is 0 Å². The number of imide groups is 1. The minimum Gasteiger partial charge on any atom is -0.274 e. The van der Waals surface area contributed by atoms with Crippen LogP contribution in [0.1, 0.15) is 32.1 Å². The topological polar surface area (TPSA) is 74.8 Å². The Labute approximate surface area is 129 Å². The van der Waals surface area contributed by atoms with Crippen molar-refractivity contribution in [1.29, 1.82) is 0 Å². The molecular formula is C15H18N2O4S. The second-order valence-corrected chi connectivity index (χ2v) is 7.72. The van der Waals surface area contributed by atoms with Crippen molar-refractivity contribution in [3.63, 3.8) is 0 Å². The molecule has 1 aromatic rings. The maximum absolute atomic E-state index is 12.4. The van der Waals surface area contributed by atoms with Crippen molar-refractivity contribution in [3.05, 3.63) is 24.3 Å². The van der Waals surface area contributed by atoms with Crippen LogP contribution in [0.5, 0.6) is 0 Å². The van der Waals surface area contributed by atoms with Gasteiger partial charge in [-0.1, -0.05) is 0 Å². The SMILES string of the molecule is CN(C1CC1)S(=O)(=O)c1ccc(N2C(=O)CCCC2=O)cc1. The van der Waals surface area contributed by atoms with E-state index in [0.29, 0.717) is 24.9 Å². The first-order chi connectivity index (χ1) is 10.4. The smallest absolute Gasteiger partial charge is 0.243 e. The Morgan fingerprint density at radius 1 is 1.05 bits per heavy atom. The number of carbonyl (C=O) groups excluding carboxylic acids is 2. The van der Waals surface area contributed by atoms with E-state index in [9.17, 15) is 18.0 Å². The van der Waals surface area contributed by atoms with E-state index in [1.165, 1.54) is 28.6 Å². The first kappa shape index (κ1) is 15.2. The highest BCUT2D eigenvalue weighted by Crippen LogP contribution is 2.31. The van der Waals surface area contributed by atoms with Crippen LogP contribution in [-0.4, -0.2) is 37.6 Å². The third-order valence-electron chi connectivity index (χ3n) is 4.11. The average Bonchev–Trinajstić information content (AvgIpc) is 3.31. The second-order valence-electron chi connectivity index (χ2n) is 5.72. The first-order valence-electron chi connectivity index (χ1n) is 7.35. The van der Waals surface area contributed by atoms with Gasteiger partial charge in [0, 0.05) is 25.9 Å². The number of sulfonamides is 1. The molecule has 2 fully saturated rings. The predicted octanol–water partition coefficient (Wildman–Crippen LogP) is 1.51.